The lowest BCUT2D eigenvalue weighted by atomic mass is 10.4. The number of amides is 1. The van der Waals surface area contributed by atoms with E-state index in [0.717, 1.165) is 12.8 Å². The van der Waals surface area contributed by atoms with E-state index < -0.39 is 0 Å². The van der Waals surface area contributed by atoms with E-state index >= 15 is 0 Å². The Balaban J connectivity index is 1.78. The molecule has 1 amide bonds. The Morgan fingerprint density at radius 1 is 1.60 bits per heavy atom. The molecular formula is C12H15N5O2S. The molecular weight excluding hydrogens is 278 g/mol. The summed E-state index contributed by atoms with van der Waals surface area (Å²) in [6.07, 6.45) is 3.44. The molecule has 0 radical (unpaired) electrons. The molecule has 2 N–H and O–H groups in total. The van der Waals surface area contributed by atoms with Crippen molar-refractivity contribution in [3.63, 3.8) is 0 Å². The van der Waals surface area contributed by atoms with Gasteiger partial charge in [0, 0.05) is 19.0 Å². The van der Waals surface area contributed by atoms with Crippen molar-refractivity contribution in [3.8, 4) is 5.88 Å². The van der Waals surface area contributed by atoms with Crippen molar-refractivity contribution in [3.05, 3.63) is 11.1 Å². The topological polar surface area (TPSA) is 84.8 Å². The van der Waals surface area contributed by atoms with Gasteiger partial charge in [0.05, 0.1) is 7.11 Å². The molecule has 3 rings (SSSR count). The highest BCUT2D eigenvalue weighted by molar-refractivity contribution is 7.71. The third kappa shape index (κ3) is 2.38. The van der Waals surface area contributed by atoms with Crippen molar-refractivity contribution >= 4 is 29.3 Å². The van der Waals surface area contributed by atoms with Crippen molar-refractivity contribution in [2.24, 2.45) is 5.92 Å². The van der Waals surface area contributed by atoms with Gasteiger partial charge < -0.3 is 15.0 Å². The minimum absolute atomic E-state index is 0.128. The second-order valence-corrected chi connectivity index (χ2v) is 5.12. The number of nitrogens with one attached hydrogen (secondary N) is 2. The number of aromatic nitrogens is 4. The van der Waals surface area contributed by atoms with Gasteiger partial charge in [0.1, 0.15) is 11.8 Å². The standard InChI is InChI=1S/C12H15N5O2S/c1-19-11-8-9(14-6-15-11)17(12(20)16-8)5-4-13-10(18)7-2-3-7/h6-7H,2-5H2,1H3,(H,13,18)(H,16,20). The number of H-pyrrole nitrogens is 1. The lowest BCUT2D eigenvalue weighted by Gasteiger charge is -2.06. The van der Waals surface area contributed by atoms with Gasteiger partial charge in [-0.15, -0.1) is 0 Å². The van der Waals surface area contributed by atoms with Crippen molar-refractivity contribution in [1.82, 2.24) is 24.8 Å². The number of nitrogens with zero attached hydrogens (tertiary/aromatic N) is 3. The molecule has 1 aliphatic rings. The van der Waals surface area contributed by atoms with Crippen LogP contribution in [0.15, 0.2) is 6.33 Å². The summed E-state index contributed by atoms with van der Waals surface area (Å²) >= 11 is 5.27. The van der Waals surface area contributed by atoms with E-state index in [9.17, 15) is 4.79 Å². The molecule has 1 fully saturated rings. The van der Waals surface area contributed by atoms with Gasteiger partial charge in [-0.05, 0) is 25.1 Å². The van der Waals surface area contributed by atoms with E-state index in [1.54, 1.807) is 7.11 Å². The maximum Gasteiger partial charge on any atom is 0.242 e. The zero-order valence-corrected chi connectivity index (χ0v) is 11.9. The van der Waals surface area contributed by atoms with E-state index in [0.29, 0.717) is 34.9 Å². The van der Waals surface area contributed by atoms with Crippen molar-refractivity contribution in [2.45, 2.75) is 19.4 Å². The van der Waals surface area contributed by atoms with E-state index in [2.05, 4.69) is 20.3 Å². The molecule has 8 heteroatoms. The molecule has 1 saturated carbocycles. The normalized spacial score (nSPS) is 14.4. The number of hydrogen-bond donors (Lipinski definition) is 2. The van der Waals surface area contributed by atoms with Gasteiger partial charge >= 0.3 is 0 Å². The predicted octanol–water partition coefficient (Wildman–Crippen LogP) is 1.02. The summed E-state index contributed by atoms with van der Waals surface area (Å²) in [5.74, 6) is 0.804. The first-order chi connectivity index (χ1) is 9.70. The first-order valence-electron chi connectivity index (χ1n) is 6.46. The van der Waals surface area contributed by atoms with Crippen LogP contribution in [-0.2, 0) is 11.3 Å². The van der Waals surface area contributed by atoms with Crippen molar-refractivity contribution in [2.75, 3.05) is 13.7 Å². The van der Waals surface area contributed by atoms with Crippen molar-refractivity contribution < 1.29 is 9.53 Å². The highest BCUT2D eigenvalue weighted by Gasteiger charge is 2.29. The van der Waals surface area contributed by atoms with Crippen LogP contribution in [0.1, 0.15) is 12.8 Å². The number of aromatic amines is 1. The SMILES string of the molecule is COc1ncnc2c1[nH]c(=S)n2CCNC(=O)C1CC1. The van der Waals surface area contributed by atoms with Crippen LogP contribution >= 0.6 is 12.2 Å². The zero-order valence-electron chi connectivity index (χ0n) is 11.0. The molecule has 2 aromatic heterocycles. The van der Waals surface area contributed by atoms with Gasteiger partial charge in [0.2, 0.25) is 11.8 Å². The summed E-state index contributed by atoms with van der Waals surface area (Å²) in [4.78, 5) is 22.9. The summed E-state index contributed by atoms with van der Waals surface area (Å²) in [5, 5.41) is 2.91. The van der Waals surface area contributed by atoms with Crippen LogP contribution in [0.5, 0.6) is 5.88 Å². The Morgan fingerprint density at radius 3 is 3.10 bits per heavy atom. The third-order valence-corrected chi connectivity index (χ3v) is 3.62. The van der Waals surface area contributed by atoms with E-state index in [1.165, 1.54) is 6.33 Å². The third-order valence-electron chi connectivity index (χ3n) is 3.30. The Hall–Kier alpha value is -1.96. The van der Waals surface area contributed by atoms with E-state index in [-0.39, 0.29) is 11.8 Å². The van der Waals surface area contributed by atoms with Gasteiger partial charge in [0.25, 0.3) is 0 Å². The van der Waals surface area contributed by atoms with Gasteiger partial charge in [-0.1, -0.05) is 0 Å². The number of hydrogen-bond acceptors (Lipinski definition) is 5. The molecule has 2 heterocycles. The maximum atomic E-state index is 11.6. The largest absolute Gasteiger partial charge is 0.479 e. The number of ether oxygens (including phenoxy) is 1. The van der Waals surface area contributed by atoms with Crippen LogP contribution in [0, 0.1) is 10.7 Å². The van der Waals surface area contributed by atoms with Gasteiger partial charge in [-0.25, -0.2) is 4.98 Å². The zero-order chi connectivity index (χ0) is 14.1. The van der Waals surface area contributed by atoms with Crippen LogP contribution in [0.2, 0.25) is 0 Å². The molecule has 0 unspecified atom stereocenters. The lowest BCUT2D eigenvalue weighted by molar-refractivity contribution is -0.122. The number of carbonyl (C=O) groups is 1. The highest BCUT2D eigenvalue weighted by Crippen LogP contribution is 2.28. The Bertz CT molecular complexity index is 703. The molecule has 0 saturated heterocycles. The molecule has 20 heavy (non-hydrogen) atoms. The molecule has 0 atom stereocenters. The fourth-order valence-corrected chi connectivity index (χ4v) is 2.37. The number of carbonyl (C=O) groups excluding carboxylic acids is 1. The summed E-state index contributed by atoms with van der Waals surface area (Å²) in [7, 11) is 1.55. The van der Waals surface area contributed by atoms with Gasteiger partial charge in [0.15, 0.2) is 10.4 Å². The van der Waals surface area contributed by atoms with Crippen LogP contribution in [-0.4, -0.2) is 39.1 Å². The fraction of sp³-hybridized carbons (Fsp3) is 0.500. The summed E-state index contributed by atoms with van der Waals surface area (Å²) in [5.41, 5.74) is 1.36. The molecule has 106 valence electrons. The van der Waals surface area contributed by atoms with Crippen LogP contribution in [0.3, 0.4) is 0 Å². The number of rotatable bonds is 5. The average molecular weight is 293 g/mol. The van der Waals surface area contributed by atoms with Gasteiger partial charge in [-0.3, -0.25) is 9.36 Å². The molecule has 2 aromatic rings. The minimum Gasteiger partial charge on any atom is -0.479 e. The molecule has 1 aliphatic carbocycles. The highest BCUT2D eigenvalue weighted by atomic mass is 32.1. The van der Waals surface area contributed by atoms with Crippen LogP contribution in [0.4, 0.5) is 0 Å². The Morgan fingerprint density at radius 2 is 2.40 bits per heavy atom. The second-order valence-electron chi connectivity index (χ2n) is 4.73. The summed E-state index contributed by atoms with van der Waals surface area (Å²) < 4.78 is 7.54. The Labute approximate surface area is 120 Å². The first-order valence-corrected chi connectivity index (χ1v) is 6.86. The predicted molar refractivity (Wildman–Crippen MR) is 75.0 cm³/mol. The number of imidazole rings is 1. The lowest BCUT2D eigenvalue weighted by Crippen LogP contribution is -2.28. The fourth-order valence-electron chi connectivity index (χ4n) is 2.09. The number of methoxy groups -OCH3 is 1. The van der Waals surface area contributed by atoms with E-state index in [4.69, 9.17) is 17.0 Å². The number of fused-ring (bicyclic) bond motifs is 1. The summed E-state index contributed by atoms with van der Waals surface area (Å²) in [6.45, 7) is 1.10. The molecule has 0 aliphatic heterocycles. The van der Waals surface area contributed by atoms with Crippen LogP contribution < -0.4 is 10.1 Å². The summed E-state index contributed by atoms with van der Waals surface area (Å²) in [6, 6.07) is 0. The quantitative estimate of drug-likeness (QED) is 0.804. The smallest absolute Gasteiger partial charge is 0.242 e. The van der Waals surface area contributed by atoms with Crippen molar-refractivity contribution in [1.29, 1.82) is 0 Å². The van der Waals surface area contributed by atoms with E-state index in [1.807, 2.05) is 4.57 Å². The molecule has 0 bridgehead atoms. The second kappa shape index (κ2) is 5.20. The first kappa shape index (κ1) is 13.0. The Kier molecular flexibility index (Phi) is 3.39. The average Bonchev–Trinajstić information content (AvgIpc) is 3.24. The van der Waals surface area contributed by atoms with Gasteiger partial charge in [-0.2, -0.15) is 4.98 Å². The monoisotopic (exact) mass is 293 g/mol. The molecule has 7 nitrogen and oxygen atoms in total. The molecule has 0 spiro atoms. The van der Waals surface area contributed by atoms with Crippen LogP contribution in [0.25, 0.3) is 11.2 Å². The molecule has 0 aromatic carbocycles. The maximum absolute atomic E-state index is 11.6. The minimum atomic E-state index is 0.128.